The van der Waals surface area contributed by atoms with Crippen LogP contribution in [-0.2, 0) is 17.4 Å². The van der Waals surface area contributed by atoms with E-state index in [1.54, 1.807) is 0 Å². The molecule has 0 unspecified atom stereocenters. The van der Waals surface area contributed by atoms with Crippen molar-refractivity contribution in [3.8, 4) is 0 Å². The van der Waals surface area contributed by atoms with E-state index in [1.807, 2.05) is 4.90 Å². The molecular formula is C18H17F3N4O3. The molecule has 0 aliphatic carbocycles. The van der Waals surface area contributed by atoms with Crippen LogP contribution in [-0.4, -0.2) is 58.3 Å². The number of hydrogen-bond donors (Lipinski definition) is 1. The highest BCUT2D eigenvalue weighted by Crippen LogP contribution is 2.32. The van der Waals surface area contributed by atoms with Crippen LogP contribution in [0, 0.1) is 0 Å². The lowest BCUT2D eigenvalue weighted by molar-refractivity contribution is -0.138. The number of alkyl halides is 3. The number of rotatable bonds is 4. The first-order valence-electron chi connectivity index (χ1n) is 8.50. The normalized spacial score (nSPS) is 14.8. The molecule has 0 spiro atoms. The molecule has 0 atom stereocenters. The zero-order chi connectivity index (χ0) is 20.3. The molecule has 1 aliphatic heterocycles. The molecule has 2 aromatic rings. The van der Waals surface area contributed by atoms with E-state index < -0.39 is 17.7 Å². The lowest BCUT2D eigenvalue weighted by Crippen LogP contribution is -2.49. The smallest absolute Gasteiger partial charge is 0.416 e. The molecular weight excluding hydrogens is 377 g/mol. The van der Waals surface area contributed by atoms with Gasteiger partial charge in [-0.05, 0) is 23.8 Å². The predicted molar refractivity (Wildman–Crippen MR) is 92.9 cm³/mol. The molecule has 7 nitrogen and oxygen atoms in total. The summed E-state index contributed by atoms with van der Waals surface area (Å²) in [6.45, 7) is 1.51. The van der Waals surface area contributed by atoms with Gasteiger partial charge in [0.2, 0.25) is 5.91 Å². The van der Waals surface area contributed by atoms with Crippen molar-refractivity contribution in [1.29, 1.82) is 0 Å². The fourth-order valence-electron chi connectivity index (χ4n) is 3.02. The van der Waals surface area contributed by atoms with Gasteiger partial charge in [-0.2, -0.15) is 13.2 Å². The van der Waals surface area contributed by atoms with Gasteiger partial charge in [-0.25, -0.2) is 4.79 Å². The third-order valence-electron chi connectivity index (χ3n) is 4.49. The van der Waals surface area contributed by atoms with Crippen LogP contribution in [0.2, 0.25) is 0 Å². The molecule has 1 aromatic carbocycles. The average Bonchev–Trinajstić information content (AvgIpc) is 2.68. The molecule has 1 aromatic heterocycles. The first kappa shape index (κ1) is 19.6. The minimum atomic E-state index is -4.50. The summed E-state index contributed by atoms with van der Waals surface area (Å²) in [6.07, 6.45) is -4.82. The number of anilines is 1. The van der Waals surface area contributed by atoms with Crippen molar-refractivity contribution in [3.05, 3.63) is 53.2 Å². The molecule has 0 radical (unpaired) electrons. The molecule has 28 heavy (non-hydrogen) atoms. The number of hydrogen-bond acceptors (Lipinski definition) is 5. The Labute approximate surface area is 158 Å². The van der Waals surface area contributed by atoms with E-state index in [-0.39, 0.29) is 23.6 Å². The monoisotopic (exact) mass is 394 g/mol. The summed E-state index contributed by atoms with van der Waals surface area (Å²) in [5.74, 6) is -1.06. The second kappa shape index (κ2) is 7.83. The third kappa shape index (κ3) is 4.38. The number of aromatic nitrogens is 2. The molecule has 1 saturated heterocycles. The number of halogens is 3. The minimum absolute atomic E-state index is 0.0439. The van der Waals surface area contributed by atoms with Crippen LogP contribution < -0.4 is 4.90 Å². The lowest BCUT2D eigenvalue weighted by atomic mass is 10.0. The summed E-state index contributed by atoms with van der Waals surface area (Å²) in [6, 6.07) is 7.95. The molecule has 2 heterocycles. The molecule has 1 fully saturated rings. The quantitative estimate of drug-likeness (QED) is 0.855. The highest BCUT2D eigenvalue weighted by atomic mass is 19.4. The Bertz CT molecular complexity index is 863. The molecule has 3 rings (SSSR count). The van der Waals surface area contributed by atoms with Crippen molar-refractivity contribution in [1.82, 2.24) is 15.1 Å². The van der Waals surface area contributed by atoms with Gasteiger partial charge < -0.3 is 14.9 Å². The number of carbonyl (C=O) groups excluding carboxylic acids is 1. The number of amides is 1. The number of carbonyl (C=O) groups is 2. The maximum atomic E-state index is 13.1. The van der Waals surface area contributed by atoms with Gasteiger partial charge in [0, 0.05) is 26.2 Å². The minimum Gasteiger partial charge on any atom is -0.476 e. The van der Waals surface area contributed by atoms with E-state index in [0.717, 1.165) is 6.07 Å². The van der Waals surface area contributed by atoms with E-state index in [9.17, 15) is 22.8 Å². The SMILES string of the molecule is O=C(O)c1ccc(N2CCN(C(=O)Cc3ccccc3C(F)(F)F)CC2)nn1. The van der Waals surface area contributed by atoms with E-state index >= 15 is 0 Å². The first-order chi connectivity index (χ1) is 13.3. The molecule has 10 heteroatoms. The number of aromatic carboxylic acids is 1. The van der Waals surface area contributed by atoms with Crippen LogP contribution in [0.3, 0.4) is 0 Å². The number of carboxylic acids is 1. The zero-order valence-corrected chi connectivity index (χ0v) is 14.7. The van der Waals surface area contributed by atoms with Crippen LogP contribution in [0.1, 0.15) is 21.6 Å². The van der Waals surface area contributed by atoms with Crippen LogP contribution in [0.5, 0.6) is 0 Å². The Morgan fingerprint density at radius 1 is 1.00 bits per heavy atom. The number of piperazine rings is 1. The second-order valence-corrected chi connectivity index (χ2v) is 6.28. The number of carboxylic acid groups (broad SMARTS) is 1. The summed E-state index contributed by atoms with van der Waals surface area (Å²) >= 11 is 0. The van der Waals surface area contributed by atoms with Gasteiger partial charge in [0.1, 0.15) is 0 Å². The fraction of sp³-hybridized carbons (Fsp3) is 0.333. The standard InChI is InChI=1S/C18H17F3N4O3/c19-18(20,21)13-4-2-1-3-12(13)11-16(26)25-9-7-24(8-10-25)15-6-5-14(17(27)28)22-23-15/h1-6H,7-11H2,(H,27,28). The first-order valence-corrected chi connectivity index (χ1v) is 8.50. The Morgan fingerprint density at radius 2 is 1.68 bits per heavy atom. The summed E-state index contributed by atoms with van der Waals surface area (Å²) in [4.78, 5) is 26.6. The molecule has 1 N–H and O–H groups in total. The van der Waals surface area contributed by atoms with Gasteiger partial charge in [0.25, 0.3) is 0 Å². The zero-order valence-electron chi connectivity index (χ0n) is 14.7. The van der Waals surface area contributed by atoms with Crippen LogP contribution in [0.25, 0.3) is 0 Å². The van der Waals surface area contributed by atoms with Gasteiger partial charge in [-0.3, -0.25) is 4.79 Å². The fourth-order valence-corrected chi connectivity index (χ4v) is 3.02. The van der Waals surface area contributed by atoms with Crippen molar-refractivity contribution in [3.63, 3.8) is 0 Å². The highest BCUT2D eigenvalue weighted by molar-refractivity contribution is 5.85. The number of nitrogens with zero attached hydrogens (tertiary/aromatic N) is 4. The van der Waals surface area contributed by atoms with Crippen LogP contribution >= 0.6 is 0 Å². The second-order valence-electron chi connectivity index (χ2n) is 6.28. The Hall–Kier alpha value is -3.17. The molecule has 1 amide bonds. The van der Waals surface area contributed by atoms with Crippen molar-refractivity contribution >= 4 is 17.7 Å². The van der Waals surface area contributed by atoms with Crippen molar-refractivity contribution in [2.45, 2.75) is 12.6 Å². The van der Waals surface area contributed by atoms with Gasteiger partial charge in [-0.15, -0.1) is 10.2 Å². The van der Waals surface area contributed by atoms with Gasteiger partial charge in [-0.1, -0.05) is 18.2 Å². The Morgan fingerprint density at radius 3 is 2.25 bits per heavy atom. The van der Waals surface area contributed by atoms with E-state index in [1.165, 1.54) is 35.2 Å². The van der Waals surface area contributed by atoms with Crippen LogP contribution in [0.4, 0.5) is 19.0 Å². The topological polar surface area (TPSA) is 86.6 Å². The summed E-state index contributed by atoms with van der Waals surface area (Å²) in [5, 5.41) is 16.3. The number of benzene rings is 1. The molecule has 0 bridgehead atoms. The largest absolute Gasteiger partial charge is 0.476 e. The summed E-state index contributed by atoms with van der Waals surface area (Å²) < 4.78 is 39.2. The summed E-state index contributed by atoms with van der Waals surface area (Å²) in [5.41, 5.74) is -1.01. The van der Waals surface area contributed by atoms with Crippen LogP contribution in [0.15, 0.2) is 36.4 Å². The summed E-state index contributed by atoms with van der Waals surface area (Å²) in [7, 11) is 0. The highest BCUT2D eigenvalue weighted by Gasteiger charge is 2.34. The van der Waals surface area contributed by atoms with Crippen molar-refractivity contribution in [2.75, 3.05) is 31.1 Å². The average molecular weight is 394 g/mol. The molecule has 148 valence electrons. The van der Waals surface area contributed by atoms with Gasteiger partial charge in [0.15, 0.2) is 11.5 Å². The maximum Gasteiger partial charge on any atom is 0.416 e. The third-order valence-corrected chi connectivity index (χ3v) is 4.49. The van der Waals surface area contributed by atoms with E-state index in [4.69, 9.17) is 5.11 Å². The molecule has 1 aliphatic rings. The van der Waals surface area contributed by atoms with E-state index in [0.29, 0.717) is 32.0 Å². The van der Waals surface area contributed by atoms with E-state index in [2.05, 4.69) is 10.2 Å². The van der Waals surface area contributed by atoms with Gasteiger partial charge in [0.05, 0.1) is 12.0 Å². The lowest BCUT2D eigenvalue weighted by Gasteiger charge is -2.35. The maximum absolute atomic E-state index is 13.1. The Kier molecular flexibility index (Phi) is 5.48. The van der Waals surface area contributed by atoms with Crippen molar-refractivity contribution < 1.29 is 27.9 Å². The Balaban J connectivity index is 1.61. The van der Waals surface area contributed by atoms with Gasteiger partial charge >= 0.3 is 12.1 Å². The van der Waals surface area contributed by atoms with Crippen molar-refractivity contribution in [2.24, 2.45) is 0 Å². The molecule has 0 saturated carbocycles. The predicted octanol–water partition coefficient (Wildman–Crippen LogP) is 2.08.